The molecular formula is C19H14O. The van der Waals surface area contributed by atoms with Gasteiger partial charge in [-0.25, -0.2) is 0 Å². The van der Waals surface area contributed by atoms with Crippen LogP contribution in [0.2, 0.25) is 0 Å². The number of hydrogen-bond acceptors (Lipinski definition) is 1. The van der Waals surface area contributed by atoms with Gasteiger partial charge >= 0.3 is 0 Å². The minimum Gasteiger partial charge on any atom is -0.293 e. The van der Waals surface area contributed by atoms with Gasteiger partial charge in [-0.2, -0.15) is 0 Å². The van der Waals surface area contributed by atoms with Gasteiger partial charge < -0.3 is 0 Å². The topological polar surface area (TPSA) is 17.1 Å². The minimum atomic E-state index is -0.0282. The third-order valence-electron chi connectivity index (χ3n) is 4.14. The fourth-order valence-corrected chi connectivity index (χ4v) is 3.01. The summed E-state index contributed by atoms with van der Waals surface area (Å²) in [7, 11) is 0. The third kappa shape index (κ3) is 1.53. The largest absolute Gasteiger partial charge is 0.293 e. The van der Waals surface area contributed by atoms with E-state index in [0.717, 1.165) is 21.9 Å². The van der Waals surface area contributed by atoms with Gasteiger partial charge in [0.2, 0.25) is 0 Å². The predicted molar refractivity (Wildman–Crippen MR) is 84.0 cm³/mol. The number of benzene rings is 3. The first-order valence-electron chi connectivity index (χ1n) is 6.92. The van der Waals surface area contributed by atoms with E-state index in [2.05, 4.69) is 36.4 Å². The summed E-state index contributed by atoms with van der Waals surface area (Å²) in [6.07, 6.45) is 4.05. The highest BCUT2D eigenvalue weighted by Gasteiger charge is 2.22. The molecule has 0 bridgehead atoms. The van der Waals surface area contributed by atoms with Crippen molar-refractivity contribution in [2.75, 3.05) is 0 Å². The average molecular weight is 258 g/mol. The van der Waals surface area contributed by atoms with Crippen molar-refractivity contribution in [3.63, 3.8) is 0 Å². The molecule has 0 saturated heterocycles. The number of allylic oxidation sites excluding steroid dienone is 1. The Balaban J connectivity index is 2.15. The van der Waals surface area contributed by atoms with E-state index >= 15 is 0 Å². The molecule has 3 aromatic carbocycles. The Hall–Kier alpha value is -2.41. The van der Waals surface area contributed by atoms with Crippen LogP contribution < -0.4 is 0 Å². The summed E-state index contributed by atoms with van der Waals surface area (Å²) >= 11 is 0. The summed E-state index contributed by atoms with van der Waals surface area (Å²) in [6.45, 7) is 1.96. The first-order valence-corrected chi connectivity index (χ1v) is 6.92. The molecule has 1 aliphatic rings. The fraction of sp³-hybridized carbons (Fsp3) is 0.105. The first kappa shape index (κ1) is 11.4. The molecule has 0 spiro atoms. The number of rotatable bonds is 0. The Labute approximate surface area is 117 Å². The maximum Gasteiger partial charge on any atom is 0.170 e. The van der Waals surface area contributed by atoms with Crippen LogP contribution in [0, 0.1) is 5.92 Å². The molecule has 20 heavy (non-hydrogen) atoms. The average Bonchev–Trinajstić information content (AvgIpc) is 2.48. The molecule has 0 N–H and O–H groups in total. The van der Waals surface area contributed by atoms with Crippen LogP contribution in [-0.4, -0.2) is 5.78 Å². The Morgan fingerprint density at radius 1 is 0.900 bits per heavy atom. The van der Waals surface area contributed by atoms with Gasteiger partial charge in [0.15, 0.2) is 5.78 Å². The SMILES string of the molecule is CC1C=Cc2ccc3cc4ccccc4cc3c2C1=O. The number of Topliss-reactive ketones (excluding diaryl/α,β-unsaturated/α-hetero) is 1. The van der Waals surface area contributed by atoms with Crippen molar-refractivity contribution < 1.29 is 4.79 Å². The number of carbonyl (C=O) groups is 1. The molecule has 96 valence electrons. The van der Waals surface area contributed by atoms with E-state index in [9.17, 15) is 4.79 Å². The maximum absolute atomic E-state index is 12.5. The smallest absolute Gasteiger partial charge is 0.170 e. The summed E-state index contributed by atoms with van der Waals surface area (Å²) in [4.78, 5) is 12.5. The van der Waals surface area contributed by atoms with Gasteiger partial charge in [0.25, 0.3) is 0 Å². The molecule has 0 amide bonds. The van der Waals surface area contributed by atoms with Crippen LogP contribution in [0.25, 0.3) is 27.6 Å². The lowest BCUT2D eigenvalue weighted by Gasteiger charge is -2.17. The molecule has 1 heteroatoms. The van der Waals surface area contributed by atoms with E-state index in [0.29, 0.717) is 0 Å². The van der Waals surface area contributed by atoms with Crippen molar-refractivity contribution in [1.29, 1.82) is 0 Å². The lowest BCUT2D eigenvalue weighted by Crippen LogP contribution is -2.14. The van der Waals surface area contributed by atoms with E-state index in [1.165, 1.54) is 10.8 Å². The number of fused-ring (bicyclic) bond motifs is 4. The zero-order chi connectivity index (χ0) is 13.7. The van der Waals surface area contributed by atoms with Crippen molar-refractivity contribution in [1.82, 2.24) is 0 Å². The van der Waals surface area contributed by atoms with Crippen LogP contribution in [0.3, 0.4) is 0 Å². The summed E-state index contributed by atoms with van der Waals surface area (Å²) in [5, 5.41) is 4.61. The molecule has 0 fully saturated rings. The maximum atomic E-state index is 12.5. The summed E-state index contributed by atoms with van der Waals surface area (Å²) in [5.74, 6) is 0.197. The predicted octanol–water partition coefficient (Wildman–Crippen LogP) is 4.84. The molecular weight excluding hydrogens is 244 g/mol. The molecule has 0 saturated carbocycles. The summed E-state index contributed by atoms with van der Waals surface area (Å²) in [6, 6.07) is 16.8. The van der Waals surface area contributed by atoms with Gasteiger partial charge in [-0.1, -0.05) is 55.5 Å². The Kier molecular flexibility index (Phi) is 2.31. The van der Waals surface area contributed by atoms with E-state index in [-0.39, 0.29) is 11.7 Å². The lowest BCUT2D eigenvalue weighted by atomic mass is 9.85. The summed E-state index contributed by atoms with van der Waals surface area (Å²) < 4.78 is 0. The fourth-order valence-electron chi connectivity index (χ4n) is 3.01. The van der Waals surface area contributed by atoms with Crippen LogP contribution in [0.4, 0.5) is 0 Å². The van der Waals surface area contributed by atoms with Gasteiger partial charge in [0.1, 0.15) is 0 Å². The second kappa shape index (κ2) is 4.04. The van der Waals surface area contributed by atoms with Gasteiger partial charge in [0.05, 0.1) is 0 Å². The first-order chi connectivity index (χ1) is 9.74. The van der Waals surface area contributed by atoms with Crippen molar-refractivity contribution >= 4 is 33.4 Å². The Morgan fingerprint density at radius 3 is 2.45 bits per heavy atom. The van der Waals surface area contributed by atoms with E-state index < -0.39 is 0 Å². The lowest BCUT2D eigenvalue weighted by molar-refractivity contribution is 0.0953. The highest BCUT2D eigenvalue weighted by atomic mass is 16.1. The monoisotopic (exact) mass is 258 g/mol. The van der Waals surface area contributed by atoms with Crippen LogP contribution in [-0.2, 0) is 0 Å². The Morgan fingerprint density at radius 2 is 1.65 bits per heavy atom. The number of hydrogen-bond donors (Lipinski definition) is 0. The van der Waals surface area contributed by atoms with Crippen molar-refractivity contribution in [3.05, 3.63) is 65.7 Å². The molecule has 0 aliphatic heterocycles. The Bertz CT molecular complexity index is 887. The standard InChI is InChI=1S/C19H14O/c1-12-6-7-13-8-9-16-10-14-4-2-3-5-15(14)11-17(16)18(13)19(12)20/h2-12H,1H3. The van der Waals surface area contributed by atoms with E-state index in [1.807, 2.05) is 31.2 Å². The zero-order valence-electron chi connectivity index (χ0n) is 11.3. The van der Waals surface area contributed by atoms with Crippen molar-refractivity contribution in [2.45, 2.75) is 6.92 Å². The van der Waals surface area contributed by atoms with E-state index in [1.54, 1.807) is 0 Å². The highest BCUT2D eigenvalue weighted by molar-refractivity contribution is 6.16. The third-order valence-corrected chi connectivity index (χ3v) is 4.14. The van der Waals surface area contributed by atoms with Crippen LogP contribution >= 0.6 is 0 Å². The normalized spacial score (nSPS) is 17.6. The number of carbonyl (C=O) groups excluding carboxylic acids is 1. The quantitative estimate of drug-likeness (QED) is 0.527. The van der Waals surface area contributed by atoms with Gasteiger partial charge in [-0.15, -0.1) is 0 Å². The molecule has 0 radical (unpaired) electrons. The summed E-state index contributed by atoms with van der Waals surface area (Å²) in [5.41, 5.74) is 1.92. The molecule has 3 aromatic rings. The molecule has 0 heterocycles. The van der Waals surface area contributed by atoms with E-state index in [4.69, 9.17) is 0 Å². The second-order valence-electron chi connectivity index (χ2n) is 5.46. The van der Waals surface area contributed by atoms with Crippen LogP contribution in [0.1, 0.15) is 22.8 Å². The number of ketones is 1. The minimum absolute atomic E-state index is 0.0282. The van der Waals surface area contributed by atoms with Gasteiger partial charge in [0, 0.05) is 11.5 Å². The molecule has 1 nitrogen and oxygen atoms in total. The van der Waals surface area contributed by atoms with Crippen molar-refractivity contribution in [2.24, 2.45) is 5.92 Å². The molecule has 1 aliphatic carbocycles. The van der Waals surface area contributed by atoms with Crippen LogP contribution in [0.15, 0.2) is 54.6 Å². The molecule has 1 unspecified atom stereocenters. The zero-order valence-corrected chi connectivity index (χ0v) is 11.3. The molecule has 1 atom stereocenters. The van der Waals surface area contributed by atoms with Gasteiger partial charge in [-0.3, -0.25) is 4.79 Å². The second-order valence-corrected chi connectivity index (χ2v) is 5.46. The van der Waals surface area contributed by atoms with Crippen LogP contribution in [0.5, 0.6) is 0 Å². The molecule has 4 rings (SSSR count). The van der Waals surface area contributed by atoms with Crippen molar-refractivity contribution in [3.8, 4) is 0 Å². The van der Waals surface area contributed by atoms with Gasteiger partial charge in [-0.05, 0) is 39.2 Å². The highest BCUT2D eigenvalue weighted by Crippen LogP contribution is 2.32. The molecule has 0 aromatic heterocycles.